The Morgan fingerprint density at radius 2 is 0.590 bits per heavy atom. The first kappa shape index (κ1) is 104. The third-order valence-corrected chi connectivity index (χ3v) is 16.3. The number of benzene rings is 1. The van der Waals surface area contributed by atoms with E-state index in [1.807, 2.05) is 0 Å². The number of guanidine groups is 6. The van der Waals surface area contributed by atoms with Crippen molar-refractivity contribution < 1.29 is 90.8 Å². The summed E-state index contributed by atoms with van der Waals surface area (Å²) in [5, 5.41) is 52.4. The summed E-state index contributed by atoms with van der Waals surface area (Å²) in [6.07, 6.45) is -5.93. The van der Waals surface area contributed by atoms with Gasteiger partial charge in [-0.3, -0.25) is 82.7 Å². The number of halogens is 3. The minimum absolute atomic E-state index is 0.00318. The van der Waals surface area contributed by atoms with E-state index in [9.17, 15) is 80.9 Å². The van der Waals surface area contributed by atoms with E-state index in [1.54, 1.807) is 12.1 Å². The first-order valence-corrected chi connectivity index (χ1v) is 37.1. The summed E-state index contributed by atoms with van der Waals surface area (Å²) in [6.45, 7) is -0.573. The molecular weight excluding hydrogens is 1550 g/mol. The van der Waals surface area contributed by atoms with Gasteiger partial charge in [-0.25, -0.2) is 9.59 Å². The molecule has 1 aromatic rings. The van der Waals surface area contributed by atoms with Gasteiger partial charge in [0, 0.05) is 45.7 Å². The zero-order valence-electron chi connectivity index (χ0n) is 65.0. The summed E-state index contributed by atoms with van der Waals surface area (Å²) in [4.78, 5) is 200. The number of carboxylic acids is 2. The van der Waals surface area contributed by atoms with Gasteiger partial charge >= 0.3 is 18.1 Å². The van der Waals surface area contributed by atoms with Crippen LogP contribution >= 0.6 is 0 Å². The van der Waals surface area contributed by atoms with Crippen LogP contribution in [0.2, 0.25) is 0 Å². The van der Waals surface area contributed by atoms with E-state index < -0.39 is 163 Å². The largest absolute Gasteiger partial charge is 0.508 e. The Labute approximate surface area is 672 Å². The van der Waals surface area contributed by atoms with E-state index in [2.05, 4.69) is 83.1 Å². The van der Waals surface area contributed by atoms with Gasteiger partial charge in [0.15, 0.2) is 35.8 Å². The van der Waals surface area contributed by atoms with E-state index in [-0.39, 0.29) is 203 Å². The van der Waals surface area contributed by atoms with Crippen LogP contribution in [0.3, 0.4) is 0 Å². The van der Waals surface area contributed by atoms with Crippen LogP contribution in [-0.2, 0) is 68.7 Å². The minimum atomic E-state index is -5.08. The highest BCUT2D eigenvalue weighted by molar-refractivity contribution is 5.99. The maximum Gasteiger partial charge on any atom is 0.490 e. The molecule has 51 heteroatoms. The van der Waals surface area contributed by atoms with Gasteiger partial charge in [0.1, 0.15) is 60.1 Å². The zero-order chi connectivity index (χ0) is 88.8. The topological polar surface area (TPSA) is 893 Å². The third kappa shape index (κ3) is 50.3. The summed E-state index contributed by atoms with van der Waals surface area (Å²) in [7, 11) is 0. The number of primary amides is 1. The molecule has 117 heavy (non-hydrogen) atoms. The van der Waals surface area contributed by atoms with Crippen LogP contribution in [0.1, 0.15) is 134 Å². The molecule has 1 aromatic carbocycles. The third-order valence-electron chi connectivity index (χ3n) is 16.3. The normalized spacial score (nSPS) is 13.4. The van der Waals surface area contributed by atoms with E-state index in [4.69, 9.17) is 102 Å². The highest BCUT2D eigenvalue weighted by Gasteiger charge is 2.39. The summed E-state index contributed by atoms with van der Waals surface area (Å²) in [6, 6.07) is -8.88. The Bertz CT molecular complexity index is 3510. The van der Waals surface area contributed by atoms with Crippen molar-refractivity contribution in [2.24, 2.45) is 122 Å². The molecule has 0 aliphatic heterocycles. The molecule has 0 aliphatic carbocycles. The zero-order valence-corrected chi connectivity index (χ0v) is 65.0. The average molecular weight is 1670 g/mol. The van der Waals surface area contributed by atoms with Crippen LogP contribution in [0, 0.1) is 0 Å². The van der Waals surface area contributed by atoms with Crippen molar-refractivity contribution in [1.82, 2.24) is 53.2 Å². The SMILES string of the molecule is NCCCC[C@H](NC(=O)[C@H](CCCN=C(N)N)NC(=O)CNC(=O)[C@@H](N)Cc1ccc(O)cc1)C(=O)N[C@@H](CCCCN)C(=O)N[C@@H](CCCN=C(N)N)C(=O)N[C@@H](CCCN=C(N)N)C(=O)N[C@@H](CCC(N)=O)C(=O)N[C@@H](CCCN=C(N)N)C(=O)N[C@@H](CCCN=C(N)N)C(=O)N[C@@H](CCCN=C(N)N)C(=O)O.O=C(O)C(F)(F)F. The Balaban J connectivity index is 0.0000183. The number of hydrogen-bond acceptors (Lipinski definition) is 23. The lowest BCUT2D eigenvalue weighted by atomic mass is 10.0. The summed E-state index contributed by atoms with van der Waals surface area (Å²) >= 11 is 0. The van der Waals surface area contributed by atoms with Gasteiger partial charge < -0.3 is 160 Å². The number of alkyl halides is 3. The molecule has 48 nitrogen and oxygen atoms in total. The van der Waals surface area contributed by atoms with E-state index in [0.717, 1.165) is 0 Å². The highest BCUT2D eigenvalue weighted by atomic mass is 19.4. The van der Waals surface area contributed by atoms with Crippen molar-refractivity contribution in [3.8, 4) is 5.75 Å². The Morgan fingerprint density at radius 1 is 0.350 bits per heavy atom. The van der Waals surface area contributed by atoms with E-state index >= 15 is 0 Å². The fourth-order valence-electron chi connectivity index (χ4n) is 10.4. The molecule has 0 unspecified atom stereocenters. The maximum absolute atomic E-state index is 14.8. The molecule has 0 aliphatic rings. The lowest BCUT2D eigenvalue weighted by Crippen LogP contribution is -2.60. The number of aliphatic imine (C=N–C) groups is 6. The van der Waals surface area contributed by atoms with Crippen molar-refractivity contribution in [3.05, 3.63) is 29.8 Å². The second kappa shape index (κ2) is 58.3. The maximum atomic E-state index is 14.8. The predicted octanol–water partition coefficient (Wildman–Crippen LogP) is -10.7. The Kier molecular flexibility index (Phi) is 52.0. The number of phenols is 1. The van der Waals surface area contributed by atoms with Crippen LogP contribution < -0.4 is 145 Å². The minimum Gasteiger partial charge on any atom is -0.508 e. The van der Waals surface area contributed by atoms with Crippen LogP contribution in [0.4, 0.5) is 13.2 Å². The van der Waals surface area contributed by atoms with Crippen LogP contribution in [0.5, 0.6) is 5.75 Å². The van der Waals surface area contributed by atoms with Crippen LogP contribution in [0.25, 0.3) is 0 Å². The summed E-state index contributed by atoms with van der Waals surface area (Å²) in [5.41, 5.74) is 90.3. The molecular formula is C66H119F3N32O16. The number of rotatable bonds is 58. The quantitative estimate of drug-likeness (QED) is 0.0164. The molecule has 0 bridgehead atoms. The van der Waals surface area contributed by atoms with Crippen LogP contribution in [0.15, 0.2) is 54.2 Å². The molecule has 1 rings (SSSR count). The van der Waals surface area contributed by atoms with Gasteiger partial charge in [-0.1, -0.05) is 12.1 Å². The number of carbonyl (C=O) groups excluding carboxylic acids is 11. The van der Waals surface area contributed by atoms with Gasteiger partial charge in [0.05, 0.1) is 12.6 Å². The predicted molar refractivity (Wildman–Crippen MR) is 425 cm³/mol. The Hall–Kier alpha value is -12.6. The first-order chi connectivity index (χ1) is 55.0. The molecule has 45 N–H and O–H groups in total. The fourth-order valence-corrected chi connectivity index (χ4v) is 10.4. The van der Waals surface area contributed by atoms with Crippen molar-refractivity contribution >= 4 is 113 Å². The highest BCUT2D eigenvalue weighted by Crippen LogP contribution is 2.16. The smallest absolute Gasteiger partial charge is 0.490 e. The summed E-state index contributed by atoms with van der Waals surface area (Å²) < 4.78 is 31.7. The van der Waals surface area contributed by atoms with E-state index in [0.29, 0.717) is 18.4 Å². The Morgan fingerprint density at radius 3 is 0.829 bits per heavy atom. The number of phenolic OH excluding ortho intramolecular Hbond substituents is 1. The van der Waals surface area contributed by atoms with Crippen molar-refractivity contribution in [1.29, 1.82) is 0 Å². The number of hydrogen-bond donors (Lipinski definition) is 29. The van der Waals surface area contributed by atoms with Gasteiger partial charge in [-0.2, -0.15) is 13.2 Å². The van der Waals surface area contributed by atoms with Crippen molar-refractivity contribution in [2.45, 2.75) is 201 Å². The molecule has 660 valence electrons. The first-order valence-electron chi connectivity index (χ1n) is 37.1. The lowest BCUT2D eigenvalue weighted by Gasteiger charge is -2.28. The molecule has 0 heterocycles. The molecule has 0 fully saturated rings. The van der Waals surface area contributed by atoms with Crippen molar-refractivity contribution in [3.63, 3.8) is 0 Å². The standard InChI is InChI=1S/C64H118N32O14.C2HF3O2/c65-25-3-1-11-39(89-50(101)38(13-5-27-81-59(69)70)88-48(99)34-87-49(100)37(67)33-35-19-21-36(97)22-20-35)51(102)90-40(12-2-4-26-66)52(103)91-41(14-6-28-82-60(71)72)53(104)92-43(16-8-30-84-62(75)76)55(106)95-45(23-24-47(68)98)57(108)94-42(15-7-29-83-61(73)74)54(105)93-44(17-9-31-85-63(77)78)56(107)96-46(58(109)110)18-10-32-86-64(79)80;3-2(4,5)1(6)7/h19-22,37-46,97H,1-18,23-34,65-67H2,(H2,68,98)(H,87,100)(H,88,99)(H,89,101)(H,90,102)(H,91,103)(H,92,104)(H,93,105)(H,94,108)(H,95,106)(H,96,107)(H,109,110)(H4,69,70,81)(H4,71,72,82)(H4,73,74,83)(H4,75,76,84)(H4,77,78,85)(H4,79,80,86);(H,6,7)/t37-,38-,39-,40-,41-,42-,43-,44-,45-,46-;/m0./s1. The van der Waals surface area contributed by atoms with Gasteiger partial charge in [0.25, 0.3) is 0 Å². The van der Waals surface area contributed by atoms with Gasteiger partial charge in [-0.05, 0) is 159 Å². The van der Waals surface area contributed by atoms with Gasteiger partial charge in [0.2, 0.25) is 65.0 Å². The van der Waals surface area contributed by atoms with Crippen molar-refractivity contribution in [2.75, 3.05) is 58.9 Å². The summed E-state index contributed by atoms with van der Waals surface area (Å²) in [5.74, 6) is -16.2. The van der Waals surface area contributed by atoms with Gasteiger partial charge in [-0.15, -0.1) is 0 Å². The number of amides is 11. The number of nitrogens with two attached hydrogens (primary N) is 16. The number of nitrogens with one attached hydrogen (secondary N) is 10. The molecule has 11 amide bonds. The number of nitrogens with zero attached hydrogens (tertiary/aromatic N) is 6. The molecule has 0 spiro atoms. The second-order valence-electron chi connectivity index (χ2n) is 26.2. The number of aliphatic carboxylic acids is 2. The second-order valence-corrected chi connectivity index (χ2v) is 26.2. The number of carbonyl (C=O) groups is 13. The fraction of sp³-hybridized carbons (Fsp3) is 0.621. The molecule has 0 radical (unpaired) electrons. The van der Waals surface area contributed by atoms with Crippen LogP contribution in [-0.4, -0.2) is 253 Å². The lowest BCUT2D eigenvalue weighted by molar-refractivity contribution is -0.192. The molecule has 10 atom stereocenters. The number of unbranched alkanes of at least 4 members (excludes halogenated alkanes) is 2. The number of aromatic hydroxyl groups is 1. The molecule has 0 aromatic heterocycles. The molecule has 0 saturated heterocycles. The van der Waals surface area contributed by atoms with E-state index in [1.165, 1.54) is 12.1 Å². The number of carboxylic acid groups (broad SMARTS) is 2. The monoisotopic (exact) mass is 1670 g/mol. The molecule has 0 saturated carbocycles. The average Bonchev–Trinajstić information content (AvgIpc) is 0.857.